The van der Waals surface area contributed by atoms with Crippen molar-refractivity contribution in [3.63, 3.8) is 0 Å². The Morgan fingerprint density at radius 3 is 2.50 bits per heavy atom. The Bertz CT molecular complexity index is 203. The molecule has 1 heterocycles. The summed E-state index contributed by atoms with van der Waals surface area (Å²) in [5.41, 5.74) is 2.30. The fourth-order valence-electron chi connectivity index (χ4n) is 0.758. The van der Waals surface area contributed by atoms with E-state index in [1.54, 1.807) is 0 Å². The second-order valence-electron chi connectivity index (χ2n) is 2.67. The van der Waals surface area contributed by atoms with Crippen LogP contribution < -0.4 is 5.44 Å². The van der Waals surface area contributed by atoms with Gasteiger partial charge in [0.15, 0.2) is 0 Å². The molecule has 1 atom stereocenters. The second-order valence-corrected chi connectivity index (χ2v) is 3.26. The van der Waals surface area contributed by atoms with Gasteiger partial charge in [0.05, 0.1) is 5.44 Å². The molecule has 2 heteroatoms. The van der Waals surface area contributed by atoms with Gasteiger partial charge in [0.1, 0.15) is 0 Å². The zero-order valence-electron chi connectivity index (χ0n) is 6.33. The van der Waals surface area contributed by atoms with Crippen LogP contribution in [0, 0.1) is 0 Å². The minimum absolute atomic E-state index is 0.582. The minimum Gasteiger partial charge on any atom is -0.257 e. The van der Waals surface area contributed by atoms with Crippen molar-refractivity contribution in [1.29, 1.82) is 0 Å². The van der Waals surface area contributed by atoms with Crippen LogP contribution in [-0.2, 0) is 0 Å². The average Bonchev–Trinajstić information content (AvgIpc) is 1.88. The van der Waals surface area contributed by atoms with Crippen LogP contribution in [0.5, 0.6) is 0 Å². The quantitative estimate of drug-likeness (QED) is 0.559. The molecule has 0 saturated carbocycles. The smallest absolute Gasteiger partial charge is 0.0569 e. The highest BCUT2D eigenvalue weighted by atomic mass is 31.0. The summed E-state index contributed by atoms with van der Waals surface area (Å²) in [6, 6.07) is 4.12. The molecule has 0 saturated heterocycles. The molecule has 0 aromatic carbocycles. The first kappa shape index (κ1) is 7.68. The maximum absolute atomic E-state index is 4.16. The predicted molar refractivity (Wildman–Crippen MR) is 47.7 cm³/mol. The summed E-state index contributed by atoms with van der Waals surface area (Å²) in [5.74, 6) is 0.582. The molecule has 1 unspecified atom stereocenters. The molecule has 1 aromatic rings. The van der Waals surface area contributed by atoms with Gasteiger partial charge in [-0.05, 0) is 17.5 Å². The van der Waals surface area contributed by atoms with Crippen molar-refractivity contribution < 1.29 is 0 Å². The van der Waals surface area contributed by atoms with Gasteiger partial charge in [0, 0.05) is 6.20 Å². The summed E-state index contributed by atoms with van der Waals surface area (Å²) in [5, 5.41) is 0. The van der Waals surface area contributed by atoms with E-state index in [-0.39, 0.29) is 0 Å². The average molecular weight is 153 g/mol. The standard InChI is InChI=1S/C8H12NP/c1-6(2)7-3-4-8(10)9-5-7/h3-6H,10H2,1-2H3. The third kappa shape index (κ3) is 1.78. The van der Waals surface area contributed by atoms with Crippen LogP contribution in [0.1, 0.15) is 25.3 Å². The third-order valence-corrected chi connectivity index (χ3v) is 1.82. The molecule has 0 amide bonds. The molecule has 0 spiro atoms. The van der Waals surface area contributed by atoms with Gasteiger partial charge in [0.2, 0.25) is 0 Å². The predicted octanol–water partition coefficient (Wildman–Crippen LogP) is 1.71. The van der Waals surface area contributed by atoms with Crippen molar-refractivity contribution in [2.45, 2.75) is 19.8 Å². The lowest BCUT2D eigenvalue weighted by molar-refractivity contribution is 0.860. The van der Waals surface area contributed by atoms with Crippen LogP contribution in [0.4, 0.5) is 0 Å². The zero-order valence-corrected chi connectivity index (χ0v) is 7.49. The molecule has 0 aliphatic rings. The van der Waals surface area contributed by atoms with Crippen molar-refractivity contribution in [1.82, 2.24) is 4.98 Å². The van der Waals surface area contributed by atoms with Crippen LogP contribution in [0.15, 0.2) is 18.3 Å². The molecule has 0 radical (unpaired) electrons. The molecule has 1 nitrogen and oxygen atoms in total. The molecule has 0 aliphatic heterocycles. The molecular weight excluding hydrogens is 141 g/mol. The molecule has 0 fully saturated rings. The first-order valence-corrected chi connectivity index (χ1v) is 3.99. The highest BCUT2D eigenvalue weighted by molar-refractivity contribution is 7.26. The Hall–Kier alpha value is -0.420. The van der Waals surface area contributed by atoms with Crippen LogP contribution in [0.25, 0.3) is 0 Å². The van der Waals surface area contributed by atoms with E-state index in [0.29, 0.717) is 5.92 Å². The van der Waals surface area contributed by atoms with Gasteiger partial charge in [-0.3, -0.25) is 4.98 Å². The zero-order chi connectivity index (χ0) is 7.56. The second kappa shape index (κ2) is 3.12. The lowest BCUT2D eigenvalue weighted by Gasteiger charge is -2.02. The molecule has 0 bridgehead atoms. The molecule has 54 valence electrons. The van der Waals surface area contributed by atoms with Gasteiger partial charge < -0.3 is 0 Å². The van der Waals surface area contributed by atoms with Crippen molar-refractivity contribution in [3.8, 4) is 0 Å². The molecule has 1 rings (SSSR count). The molecule has 1 aromatic heterocycles. The first-order valence-electron chi connectivity index (χ1n) is 3.41. The Labute approximate surface area is 64.1 Å². The highest BCUT2D eigenvalue weighted by Gasteiger charge is 1.96. The topological polar surface area (TPSA) is 12.9 Å². The van der Waals surface area contributed by atoms with E-state index in [1.165, 1.54) is 5.56 Å². The number of hydrogen-bond acceptors (Lipinski definition) is 1. The van der Waals surface area contributed by atoms with E-state index < -0.39 is 0 Å². The van der Waals surface area contributed by atoms with Crippen LogP contribution in [0.2, 0.25) is 0 Å². The van der Waals surface area contributed by atoms with Crippen LogP contribution in [0.3, 0.4) is 0 Å². The highest BCUT2D eigenvalue weighted by Crippen LogP contribution is 2.10. The van der Waals surface area contributed by atoms with E-state index in [0.717, 1.165) is 5.44 Å². The van der Waals surface area contributed by atoms with Gasteiger partial charge in [0.25, 0.3) is 0 Å². The summed E-state index contributed by atoms with van der Waals surface area (Å²) in [7, 11) is 2.57. The van der Waals surface area contributed by atoms with Crippen molar-refractivity contribution in [2.24, 2.45) is 0 Å². The van der Waals surface area contributed by atoms with Crippen molar-refractivity contribution in [3.05, 3.63) is 23.9 Å². The van der Waals surface area contributed by atoms with E-state index >= 15 is 0 Å². The van der Waals surface area contributed by atoms with Gasteiger partial charge in [-0.2, -0.15) is 0 Å². The van der Waals surface area contributed by atoms with Crippen molar-refractivity contribution >= 4 is 14.7 Å². The molecular formula is C8H12NP. The van der Waals surface area contributed by atoms with E-state index in [9.17, 15) is 0 Å². The Kier molecular flexibility index (Phi) is 2.39. The van der Waals surface area contributed by atoms with Crippen molar-refractivity contribution in [2.75, 3.05) is 0 Å². The Morgan fingerprint density at radius 2 is 2.10 bits per heavy atom. The SMILES string of the molecule is CC(C)c1ccc(P)nc1. The summed E-state index contributed by atoms with van der Waals surface area (Å²) in [6.07, 6.45) is 1.92. The third-order valence-electron chi connectivity index (χ3n) is 1.48. The number of rotatable bonds is 1. The summed E-state index contributed by atoms with van der Waals surface area (Å²) in [6.45, 7) is 4.33. The van der Waals surface area contributed by atoms with Crippen LogP contribution >= 0.6 is 9.24 Å². The maximum Gasteiger partial charge on any atom is 0.0569 e. The molecule has 0 N–H and O–H groups in total. The number of nitrogens with zero attached hydrogens (tertiary/aromatic N) is 1. The summed E-state index contributed by atoms with van der Waals surface area (Å²) < 4.78 is 0. The lowest BCUT2D eigenvalue weighted by atomic mass is 10.1. The summed E-state index contributed by atoms with van der Waals surface area (Å²) in [4.78, 5) is 4.16. The van der Waals surface area contributed by atoms with Gasteiger partial charge in [-0.15, -0.1) is 0 Å². The lowest BCUT2D eigenvalue weighted by Crippen LogP contribution is -1.98. The largest absolute Gasteiger partial charge is 0.257 e. The monoisotopic (exact) mass is 153 g/mol. The maximum atomic E-state index is 4.16. The van der Waals surface area contributed by atoms with E-state index in [4.69, 9.17) is 0 Å². The normalized spacial score (nSPS) is 10.4. The van der Waals surface area contributed by atoms with E-state index in [1.807, 2.05) is 12.3 Å². The summed E-state index contributed by atoms with van der Waals surface area (Å²) >= 11 is 0. The fourth-order valence-corrected chi connectivity index (χ4v) is 0.929. The number of hydrogen-bond donors (Lipinski definition) is 0. The Balaban J connectivity index is 2.89. The molecule has 0 aliphatic carbocycles. The minimum atomic E-state index is 0.582. The first-order chi connectivity index (χ1) is 4.70. The van der Waals surface area contributed by atoms with Gasteiger partial charge >= 0.3 is 0 Å². The van der Waals surface area contributed by atoms with Gasteiger partial charge in [-0.1, -0.05) is 29.2 Å². The van der Waals surface area contributed by atoms with Gasteiger partial charge in [-0.25, -0.2) is 0 Å². The fraction of sp³-hybridized carbons (Fsp3) is 0.375. The number of pyridine rings is 1. The van der Waals surface area contributed by atoms with Crippen LogP contribution in [-0.4, -0.2) is 4.98 Å². The van der Waals surface area contributed by atoms with E-state index in [2.05, 4.69) is 34.1 Å². The number of aromatic nitrogens is 1. The molecule has 10 heavy (non-hydrogen) atoms. The Morgan fingerprint density at radius 1 is 1.40 bits per heavy atom.